The van der Waals surface area contributed by atoms with Crippen molar-refractivity contribution in [3.8, 4) is 39.1 Å². The molecule has 2 aromatic heterocycles. The normalized spacial score (nSPS) is 11.5. The third-order valence-corrected chi connectivity index (χ3v) is 11.2. The van der Waals surface area contributed by atoms with Crippen LogP contribution < -0.4 is 4.90 Å². The number of hydrogen-bond acceptors (Lipinski definition) is 2. The van der Waals surface area contributed by atoms with Crippen LogP contribution in [-0.2, 0) is 0 Å². The predicted octanol–water partition coefficient (Wildman–Crippen LogP) is 15.2. The van der Waals surface area contributed by atoms with Crippen molar-refractivity contribution in [1.82, 2.24) is 4.57 Å². The Kier molecular flexibility index (Phi) is 7.82. The van der Waals surface area contributed by atoms with Gasteiger partial charge < -0.3 is 13.9 Å². The average Bonchev–Trinajstić information content (AvgIpc) is 3.83. The summed E-state index contributed by atoms with van der Waals surface area (Å²) in [6.07, 6.45) is 0. The molecule has 0 bridgehead atoms. The topological polar surface area (TPSA) is 21.3 Å². The molecule has 268 valence electrons. The Balaban J connectivity index is 1.14. The molecule has 9 aromatic carbocycles. The zero-order valence-electron chi connectivity index (χ0n) is 31.1. The number of benzene rings is 9. The summed E-state index contributed by atoms with van der Waals surface area (Å²) in [5.74, 6) is 0. The number of anilines is 3. The van der Waals surface area contributed by atoms with Crippen LogP contribution in [0.1, 0.15) is 0 Å². The molecule has 0 aliphatic heterocycles. The minimum absolute atomic E-state index is 0.857. The second-order valence-electron chi connectivity index (χ2n) is 14.5. The van der Waals surface area contributed by atoms with Gasteiger partial charge in [-0.2, -0.15) is 0 Å². The van der Waals surface area contributed by atoms with Gasteiger partial charge in [-0.15, -0.1) is 0 Å². The zero-order valence-corrected chi connectivity index (χ0v) is 31.1. The molecule has 3 heteroatoms. The minimum atomic E-state index is 0.857. The van der Waals surface area contributed by atoms with Crippen LogP contribution in [0.15, 0.2) is 223 Å². The van der Waals surface area contributed by atoms with E-state index in [0.717, 1.165) is 72.5 Å². The highest BCUT2D eigenvalue weighted by atomic mass is 16.3. The lowest BCUT2D eigenvalue weighted by Crippen LogP contribution is -2.12. The quantitative estimate of drug-likeness (QED) is 0.163. The second-order valence-corrected chi connectivity index (χ2v) is 14.5. The summed E-state index contributed by atoms with van der Waals surface area (Å²) in [4.78, 5) is 2.41. The SMILES string of the molecule is c1ccc(-c2cccc(-c3ccccc3)c2N(c2ccc(-c3cccc4c3c3ccccc3n4-c3ccccc3)cc2)c2ccc3c(c2)oc2ccccc23)cc1. The van der Waals surface area contributed by atoms with Crippen molar-refractivity contribution in [1.29, 1.82) is 0 Å². The molecule has 0 aliphatic carbocycles. The lowest BCUT2D eigenvalue weighted by atomic mass is 9.94. The van der Waals surface area contributed by atoms with Gasteiger partial charge in [0.25, 0.3) is 0 Å². The van der Waals surface area contributed by atoms with Crippen molar-refractivity contribution in [2.75, 3.05) is 4.90 Å². The monoisotopic (exact) mass is 728 g/mol. The van der Waals surface area contributed by atoms with Crippen molar-refractivity contribution in [2.24, 2.45) is 0 Å². The molecule has 0 amide bonds. The Labute approximate surface area is 330 Å². The molecule has 11 rings (SSSR count). The molecule has 3 nitrogen and oxygen atoms in total. The van der Waals surface area contributed by atoms with Crippen LogP contribution in [0.2, 0.25) is 0 Å². The van der Waals surface area contributed by atoms with Crippen molar-refractivity contribution in [2.45, 2.75) is 0 Å². The fraction of sp³-hybridized carbons (Fsp3) is 0. The van der Waals surface area contributed by atoms with Crippen LogP contribution in [0.4, 0.5) is 17.1 Å². The third kappa shape index (κ3) is 5.51. The van der Waals surface area contributed by atoms with Crippen LogP contribution in [-0.4, -0.2) is 4.57 Å². The maximum absolute atomic E-state index is 6.50. The highest BCUT2D eigenvalue weighted by Gasteiger charge is 2.23. The second kappa shape index (κ2) is 13.6. The first kappa shape index (κ1) is 32.8. The maximum atomic E-state index is 6.50. The van der Waals surface area contributed by atoms with E-state index in [0.29, 0.717) is 0 Å². The van der Waals surface area contributed by atoms with Gasteiger partial charge in [0.1, 0.15) is 11.2 Å². The molecule has 2 heterocycles. The number of aromatic nitrogens is 1. The predicted molar refractivity (Wildman–Crippen MR) is 239 cm³/mol. The molecule has 0 spiro atoms. The lowest BCUT2D eigenvalue weighted by Gasteiger charge is -2.30. The summed E-state index contributed by atoms with van der Waals surface area (Å²) in [6, 6.07) is 78.1. The molecule has 0 aliphatic rings. The minimum Gasteiger partial charge on any atom is -0.456 e. The van der Waals surface area contributed by atoms with Gasteiger partial charge >= 0.3 is 0 Å². The van der Waals surface area contributed by atoms with E-state index >= 15 is 0 Å². The first-order valence-corrected chi connectivity index (χ1v) is 19.4. The summed E-state index contributed by atoms with van der Waals surface area (Å²) < 4.78 is 8.88. The fourth-order valence-corrected chi connectivity index (χ4v) is 8.65. The molecule has 57 heavy (non-hydrogen) atoms. The highest BCUT2D eigenvalue weighted by Crippen LogP contribution is 2.48. The van der Waals surface area contributed by atoms with Gasteiger partial charge in [0.15, 0.2) is 0 Å². The largest absolute Gasteiger partial charge is 0.456 e. The molecule has 0 atom stereocenters. The van der Waals surface area contributed by atoms with E-state index in [1.807, 2.05) is 12.1 Å². The Morgan fingerprint density at radius 1 is 0.351 bits per heavy atom. The van der Waals surface area contributed by atoms with E-state index in [-0.39, 0.29) is 0 Å². The third-order valence-electron chi connectivity index (χ3n) is 11.2. The Morgan fingerprint density at radius 3 is 1.60 bits per heavy atom. The van der Waals surface area contributed by atoms with Crippen molar-refractivity contribution in [3.05, 3.63) is 218 Å². The number of para-hydroxylation sites is 4. The Hall–Kier alpha value is -7.62. The molecular weight excluding hydrogens is 693 g/mol. The van der Waals surface area contributed by atoms with Crippen LogP contribution in [0.25, 0.3) is 82.8 Å². The fourth-order valence-electron chi connectivity index (χ4n) is 8.65. The van der Waals surface area contributed by atoms with Crippen LogP contribution >= 0.6 is 0 Å². The van der Waals surface area contributed by atoms with E-state index in [2.05, 4.69) is 216 Å². The van der Waals surface area contributed by atoms with Gasteiger partial charge in [-0.25, -0.2) is 0 Å². The summed E-state index contributed by atoms with van der Waals surface area (Å²) in [6.45, 7) is 0. The molecular formula is C54H36N2O. The number of fused-ring (bicyclic) bond motifs is 6. The van der Waals surface area contributed by atoms with Gasteiger partial charge in [0.05, 0.1) is 16.7 Å². The molecule has 11 aromatic rings. The first-order valence-electron chi connectivity index (χ1n) is 19.4. The number of furan rings is 1. The van der Waals surface area contributed by atoms with E-state index < -0.39 is 0 Å². The molecule has 0 saturated carbocycles. The van der Waals surface area contributed by atoms with Crippen molar-refractivity contribution in [3.63, 3.8) is 0 Å². The molecule has 0 radical (unpaired) electrons. The summed E-state index contributed by atoms with van der Waals surface area (Å²) in [5, 5.41) is 4.71. The van der Waals surface area contributed by atoms with E-state index in [4.69, 9.17) is 4.42 Å². The lowest BCUT2D eigenvalue weighted by molar-refractivity contribution is 0.669. The van der Waals surface area contributed by atoms with Crippen molar-refractivity contribution < 1.29 is 4.42 Å². The van der Waals surface area contributed by atoms with Gasteiger partial charge in [0, 0.05) is 55.8 Å². The Morgan fingerprint density at radius 2 is 0.877 bits per heavy atom. The first-order chi connectivity index (χ1) is 28.3. The van der Waals surface area contributed by atoms with Crippen LogP contribution in [0, 0.1) is 0 Å². The summed E-state index contributed by atoms with van der Waals surface area (Å²) in [7, 11) is 0. The molecule has 0 saturated heterocycles. The van der Waals surface area contributed by atoms with E-state index in [1.54, 1.807) is 0 Å². The molecule has 0 fully saturated rings. The van der Waals surface area contributed by atoms with Crippen molar-refractivity contribution >= 4 is 60.8 Å². The highest BCUT2D eigenvalue weighted by molar-refractivity contribution is 6.16. The standard InChI is InChI=1S/C54H36N2O/c1-4-16-37(17-5-1)44-25-14-26-45(38-18-6-2-7-19-38)54(44)55(42-34-35-47-46-22-11-13-29-51(46)57-52(47)36-42)41-32-30-39(31-33-41)43-24-15-28-50-53(43)48-23-10-12-27-49(48)56(50)40-20-8-3-9-21-40/h1-36H. The summed E-state index contributed by atoms with van der Waals surface area (Å²) >= 11 is 0. The number of hydrogen-bond donors (Lipinski definition) is 0. The number of nitrogens with zero attached hydrogens (tertiary/aromatic N) is 2. The molecule has 0 unspecified atom stereocenters. The van der Waals surface area contributed by atoms with Crippen LogP contribution in [0.3, 0.4) is 0 Å². The van der Waals surface area contributed by atoms with E-state index in [9.17, 15) is 0 Å². The smallest absolute Gasteiger partial charge is 0.137 e. The van der Waals surface area contributed by atoms with Gasteiger partial charge in [-0.3, -0.25) is 0 Å². The maximum Gasteiger partial charge on any atom is 0.137 e. The molecule has 0 N–H and O–H groups in total. The number of rotatable bonds is 7. The zero-order chi connectivity index (χ0) is 37.7. The van der Waals surface area contributed by atoms with E-state index in [1.165, 1.54) is 27.4 Å². The van der Waals surface area contributed by atoms with Gasteiger partial charge in [-0.05, 0) is 76.9 Å². The Bertz CT molecular complexity index is 3160. The average molecular weight is 729 g/mol. The van der Waals surface area contributed by atoms with Gasteiger partial charge in [-0.1, -0.05) is 158 Å². The van der Waals surface area contributed by atoms with Gasteiger partial charge in [0.2, 0.25) is 0 Å². The van der Waals surface area contributed by atoms with Crippen LogP contribution in [0.5, 0.6) is 0 Å². The summed E-state index contributed by atoms with van der Waals surface area (Å²) in [5.41, 5.74) is 15.4.